The molecule has 0 saturated carbocycles. The van der Waals surface area contributed by atoms with E-state index in [0.29, 0.717) is 16.3 Å². The topological polar surface area (TPSA) is 63.6 Å². The molecular formula is C13H12N4OS2. The SMILES string of the molecule is CSc1nc2c(nc(SC)n2-c2ccccc2)c(=O)[nH]1. The molecule has 2 heterocycles. The molecule has 0 aliphatic rings. The van der Waals surface area contributed by atoms with Gasteiger partial charge >= 0.3 is 0 Å². The summed E-state index contributed by atoms with van der Waals surface area (Å²) in [6, 6.07) is 9.81. The van der Waals surface area contributed by atoms with Gasteiger partial charge in [-0.05, 0) is 24.6 Å². The molecule has 102 valence electrons. The van der Waals surface area contributed by atoms with Crippen LogP contribution < -0.4 is 5.56 Å². The molecule has 20 heavy (non-hydrogen) atoms. The van der Waals surface area contributed by atoms with Gasteiger partial charge in [0.05, 0.1) is 0 Å². The molecule has 0 amide bonds. The molecule has 3 aromatic rings. The highest BCUT2D eigenvalue weighted by molar-refractivity contribution is 7.98. The van der Waals surface area contributed by atoms with Crippen molar-refractivity contribution in [2.24, 2.45) is 0 Å². The maximum Gasteiger partial charge on any atom is 0.279 e. The van der Waals surface area contributed by atoms with E-state index in [1.54, 1.807) is 0 Å². The summed E-state index contributed by atoms with van der Waals surface area (Å²) in [5.41, 5.74) is 1.71. The first-order valence-electron chi connectivity index (χ1n) is 5.90. The lowest BCUT2D eigenvalue weighted by Crippen LogP contribution is -2.09. The van der Waals surface area contributed by atoms with Crippen LogP contribution in [0.1, 0.15) is 0 Å². The molecule has 0 aliphatic carbocycles. The van der Waals surface area contributed by atoms with E-state index in [2.05, 4.69) is 15.0 Å². The number of rotatable bonds is 3. The number of hydrogen-bond donors (Lipinski definition) is 1. The summed E-state index contributed by atoms with van der Waals surface area (Å²) in [5, 5.41) is 1.34. The second kappa shape index (κ2) is 5.34. The van der Waals surface area contributed by atoms with Crippen LogP contribution in [-0.2, 0) is 0 Å². The molecule has 5 nitrogen and oxygen atoms in total. The third-order valence-electron chi connectivity index (χ3n) is 2.86. The summed E-state index contributed by atoms with van der Waals surface area (Å²) in [6.45, 7) is 0. The fourth-order valence-electron chi connectivity index (χ4n) is 1.97. The Labute approximate surface area is 123 Å². The molecule has 0 saturated heterocycles. The molecule has 0 radical (unpaired) electrons. The van der Waals surface area contributed by atoms with Gasteiger partial charge in [-0.2, -0.15) is 0 Å². The van der Waals surface area contributed by atoms with Gasteiger partial charge in [0.1, 0.15) is 0 Å². The molecule has 0 fully saturated rings. The monoisotopic (exact) mass is 304 g/mol. The predicted octanol–water partition coefficient (Wildman–Crippen LogP) is 2.55. The average molecular weight is 304 g/mol. The van der Waals surface area contributed by atoms with Crippen LogP contribution in [-0.4, -0.2) is 32.0 Å². The van der Waals surface area contributed by atoms with Gasteiger partial charge in [0.25, 0.3) is 5.56 Å². The number of benzene rings is 1. The number of hydrogen-bond acceptors (Lipinski definition) is 5. The van der Waals surface area contributed by atoms with Crippen molar-refractivity contribution in [2.75, 3.05) is 12.5 Å². The minimum Gasteiger partial charge on any atom is -0.299 e. The maximum atomic E-state index is 12.1. The van der Waals surface area contributed by atoms with Gasteiger partial charge < -0.3 is 0 Å². The number of fused-ring (bicyclic) bond motifs is 1. The number of nitrogens with zero attached hydrogens (tertiary/aromatic N) is 3. The van der Waals surface area contributed by atoms with Crippen molar-refractivity contribution < 1.29 is 0 Å². The summed E-state index contributed by atoms with van der Waals surface area (Å²) in [7, 11) is 0. The minimum atomic E-state index is -0.204. The number of H-pyrrole nitrogens is 1. The third-order valence-corrected chi connectivity index (χ3v) is 4.07. The van der Waals surface area contributed by atoms with Crippen LogP contribution in [0.15, 0.2) is 45.4 Å². The number of imidazole rings is 1. The lowest BCUT2D eigenvalue weighted by atomic mass is 10.3. The lowest BCUT2D eigenvalue weighted by molar-refractivity contribution is 0.895. The van der Waals surface area contributed by atoms with Crippen LogP contribution in [0.25, 0.3) is 16.9 Å². The van der Waals surface area contributed by atoms with Crippen LogP contribution in [0.5, 0.6) is 0 Å². The number of aromatic nitrogens is 4. The van der Waals surface area contributed by atoms with Gasteiger partial charge in [0.15, 0.2) is 21.5 Å². The zero-order valence-corrected chi connectivity index (χ0v) is 12.6. The Bertz CT molecular complexity index is 810. The standard InChI is InChI=1S/C13H12N4OS2/c1-19-12-15-10-9(11(18)16-12)14-13(20-2)17(10)8-6-4-3-5-7-8/h3-7H,1-2H3,(H,15,16,18). The molecule has 2 aromatic heterocycles. The average Bonchev–Trinajstić information content (AvgIpc) is 2.87. The van der Waals surface area contributed by atoms with E-state index in [0.717, 1.165) is 10.8 Å². The summed E-state index contributed by atoms with van der Waals surface area (Å²) >= 11 is 2.89. The summed E-state index contributed by atoms with van der Waals surface area (Å²) in [4.78, 5) is 23.7. The van der Waals surface area contributed by atoms with E-state index in [-0.39, 0.29) is 5.56 Å². The van der Waals surface area contributed by atoms with Crippen molar-refractivity contribution in [3.63, 3.8) is 0 Å². The van der Waals surface area contributed by atoms with Gasteiger partial charge in [-0.15, -0.1) is 0 Å². The normalized spacial score (nSPS) is 11.1. The first-order chi connectivity index (χ1) is 9.74. The Morgan fingerprint density at radius 2 is 1.85 bits per heavy atom. The van der Waals surface area contributed by atoms with Crippen LogP contribution in [0.4, 0.5) is 0 Å². The lowest BCUT2D eigenvalue weighted by Gasteiger charge is -2.06. The molecule has 0 unspecified atom stereocenters. The largest absolute Gasteiger partial charge is 0.299 e. The van der Waals surface area contributed by atoms with Crippen LogP contribution >= 0.6 is 23.5 Å². The zero-order valence-electron chi connectivity index (χ0n) is 11.0. The second-order valence-corrected chi connectivity index (χ2v) is 5.59. The minimum absolute atomic E-state index is 0.204. The van der Waals surface area contributed by atoms with Crippen LogP contribution in [0, 0.1) is 0 Å². The zero-order chi connectivity index (χ0) is 14.1. The number of para-hydroxylation sites is 1. The maximum absolute atomic E-state index is 12.1. The van der Waals surface area contributed by atoms with Crippen molar-refractivity contribution in [2.45, 2.75) is 10.3 Å². The first kappa shape index (κ1) is 13.3. The van der Waals surface area contributed by atoms with Crippen molar-refractivity contribution >= 4 is 34.7 Å². The fraction of sp³-hybridized carbons (Fsp3) is 0.154. The molecular weight excluding hydrogens is 292 g/mol. The second-order valence-electron chi connectivity index (χ2n) is 4.02. The Hall–Kier alpha value is -1.73. The Morgan fingerprint density at radius 3 is 2.50 bits per heavy atom. The van der Waals surface area contributed by atoms with Crippen molar-refractivity contribution in [3.05, 3.63) is 40.7 Å². The third kappa shape index (κ3) is 2.12. The van der Waals surface area contributed by atoms with E-state index < -0.39 is 0 Å². The molecule has 3 rings (SSSR count). The molecule has 7 heteroatoms. The molecule has 0 aliphatic heterocycles. The quantitative estimate of drug-likeness (QED) is 0.595. The highest BCUT2D eigenvalue weighted by Crippen LogP contribution is 2.24. The molecule has 0 bridgehead atoms. The smallest absolute Gasteiger partial charge is 0.279 e. The number of aromatic amines is 1. The van der Waals surface area contributed by atoms with Gasteiger partial charge in [0.2, 0.25) is 0 Å². The predicted molar refractivity (Wildman–Crippen MR) is 83.0 cm³/mol. The van der Waals surface area contributed by atoms with E-state index in [1.165, 1.54) is 23.5 Å². The van der Waals surface area contributed by atoms with E-state index >= 15 is 0 Å². The summed E-state index contributed by atoms with van der Waals surface area (Å²) in [6.07, 6.45) is 3.81. The Balaban J connectivity index is 2.40. The highest BCUT2D eigenvalue weighted by atomic mass is 32.2. The van der Waals surface area contributed by atoms with Crippen molar-refractivity contribution in [3.8, 4) is 5.69 Å². The van der Waals surface area contributed by atoms with Crippen molar-refractivity contribution in [1.29, 1.82) is 0 Å². The number of nitrogens with one attached hydrogen (secondary N) is 1. The van der Waals surface area contributed by atoms with E-state index in [1.807, 2.05) is 47.4 Å². The van der Waals surface area contributed by atoms with Gasteiger partial charge in [-0.25, -0.2) is 9.97 Å². The van der Waals surface area contributed by atoms with Gasteiger partial charge in [-0.3, -0.25) is 14.3 Å². The highest BCUT2D eigenvalue weighted by Gasteiger charge is 2.16. The van der Waals surface area contributed by atoms with Gasteiger partial charge in [-0.1, -0.05) is 41.7 Å². The first-order valence-corrected chi connectivity index (χ1v) is 8.35. The van der Waals surface area contributed by atoms with Crippen LogP contribution in [0.2, 0.25) is 0 Å². The number of thioether (sulfide) groups is 2. The Morgan fingerprint density at radius 1 is 1.10 bits per heavy atom. The van der Waals surface area contributed by atoms with E-state index in [4.69, 9.17) is 0 Å². The van der Waals surface area contributed by atoms with Crippen molar-refractivity contribution in [1.82, 2.24) is 19.5 Å². The fourth-order valence-corrected chi connectivity index (χ4v) is 2.90. The molecule has 1 N–H and O–H groups in total. The van der Waals surface area contributed by atoms with E-state index in [9.17, 15) is 4.79 Å². The van der Waals surface area contributed by atoms with Crippen LogP contribution in [0.3, 0.4) is 0 Å². The Kier molecular flexibility index (Phi) is 3.54. The molecule has 1 aromatic carbocycles. The summed E-state index contributed by atoms with van der Waals surface area (Å²) < 4.78 is 1.91. The molecule has 0 spiro atoms. The summed E-state index contributed by atoms with van der Waals surface area (Å²) in [5.74, 6) is 0. The molecule has 0 atom stereocenters. The van der Waals surface area contributed by atoms with Gasteiger partial charge in [0, 0.05) is 5.69 Å².